The summed E-state index contributed by atoms with van der Waals surface area (Å²) < 4.78 is 1.59. The molecule has 178 valence electrons. The second kappa shape index (κ2) is 11.1. The number of amides is 2. The maximum Gasteiger partial charge on any atom is 0.262 e. The first-order valence-electron chi connectivity index (χ1n) is 11.5. The first-order chi connectivity index (χ1) is 16.5. The number of nitrogens with zero attached hydrogens (tertiary/aromatic N) is 2. The summed E-state index contributed by atoms with van der Waals surface area (Å²) in [7, 11) is 0. The zero-order valence-corrected chi connectivity index (χ0v) is 20.5. The second-order valence-electron chi connectivity index (χ2n) is 8.35. The van der Waals surface area contributed by atoms with E-state index in [4.69, 9.17) is 11.6 Å². The van der Waals surface area contributed by atoms with E-state index >= 15 is 0 Å². The summed E-state index contributed by atoms with van der Waals surface area (Å²) in [5.41, 5.74) is 1.25. The van der Waals surface area contributed by atoms with Crippen LogP contribution in [0.4, 0.5) is 5.69 Å². The lowest BCUT2D eigenvalue weighted by atomic mass is 10.1. The Labute approximate surface area is 207 Å². The van der Waals surface area contributed by atoms with Gasteiger partial charge in [0, 0.05) is 17.6 Å². The third-order valence-electron chi connectivity index (χ3n) is 5.80. The molecule has 1 fully saturated rings. The summed E-state index contributed by atoms with van der Waals surface area (Å²) in [6.07, 6.45) is 4.97. The number of carbonyl (C=O) groups is 2. The SMILES string of the molecule is CCCn1c(SCC(=O)Nc2ccccc2C(=O)NC2CCCC2)nc2cc(Cl)ccc2c1=O. The van der Waals surface area contributed by atoms with Crippen LogP contribution in [-0.2, 0) is 11.3 Å². The number of nitrogens with one attached hydrogen (secondary N) is 2. The molecule has 1 aromatic heterocycles. The molecular weight excluding hydrogens is 472 g/mol. The lowest BCUT2D eigenvalue weighted by Crippen LogP contribution is -2.33. The van der Waals surface area contributed by atoms with Crippen LogP contribution in [0.25, 0.3) is 10.9 Å². The van der Waals surface area contributed by atoms with Gasteiger partial charge in [-0.25, -0.2) is 4.98 Å². The standard InChI is InChI=1S/C25H27ClN4O3S/c1-2-13-30-24(33)19-12-11-16(26)14-21(19)29-25(30)34-15-22(31)28-20-10-6-5-9-18(20)23(32)27-17-7-3-4-8-17/h5-6,9-12,14,17H,2-4,7-8,13,15H2,1H3,(H,27,32)(H,28,31). The molecule has 9 heteroatoms. The van der Waals surface area contributed by atoms with E-state index in [9.17, 15) is 14.4 Å². The Kier molecular flexibility index (Phi) is 7.90. The van der Waals surface area contributed by atoms with Crippen molar-refractivity contribution < 1.29 is 9.59 Å². The molecule has 1 saturated carbocycles. The molecule has 0 saturated heterocycles. The fourth-order valence-electron chi connectivity index (χ4n) is 4.14. The summed E-state index contributed by atoms with van der Waals surface area (Å²) >= 11 is 7.27. The van der Waals surface area contributed by atoms with E-state index < -0.39 is 0 Å². The molecule has 0 atom stereocenters. The number of hydrogen-bond acceptors (Lipinski definition) is 5. The van der Waals surface area contributed by atoms with E-state index in [0.717, 1.165) is 32.1 Å². The van der Waals surface area contributed by atoms with Crippen LogP contribution in [0.2, 0.25) is 5.02 Å². The molecule has 1 aliphatic carbocycles. The highest BCUT2D eigenvalue weighted by atomic mass is 35.5. The van der Waals surface area contributed by atoms with Crippen molar-refractivity contribution in [3.8, 4) is 0 Å². The van der Waals surface area contributed by atoms with Crippen molar-refractivity contribution in [3.63, 3.8) is 0 Å². The molecule has 0 bridgehead atoms. The Hall–Kier alpha value is -2.84. The number of rotatable bonds is 8. The van der Waals surface area contributed by atoms with Gasteiger partial charge in [0.2, 0.25) is 5.91 Å². The number of para-hydroxylation sites is 1. The molecule has 2 amide bonds. The highest BCUT2D eigenvalue weighted by Gasteiger charge is 2.20. The van der Waals surface area contributed by atoms with Gasteiger partial charge in [0.1, 0.15) is 0 Å². The van der Waals surface area contributed by atoms with E-state index in [1.165, 1.54) is 11.8 Å². The van der Waals surface area contributed by atoms with Gasteiger partial charge in [-0.3, -0.25) is 19.0 Å². The van der Waals surface area contributed by atoms with E-state index in [2.05, 4.69) is 15.6 Å². The maximum atomic E-state index is 13.0. The van der Waals surface area contributed by atoms with E-state index in [0.29, 0.717) is 38.9 Å². The van der Waals surface area contributed by atoms with Crippen molar-refractivity contribution in [3.05, 3.63) is 63.4 Å². The molecule has 0 aliphatic heterocycles. The van der Waals surface area contributed by atoms with Crippen molar-refractivity contribution >= 4 is 51.8 Å². The second-order valence-corrected chi connectivity index (χ2v) is 9.73. The molecule has 4 rings (SSSR count). The maximum absolute atomic E-state index is 13.0. The Morgan fingerprint density at radius 1 is 1.18 bits per heavy atom. The molecule has 7 nitrogen and oxygen atoms in total. The van der Waals surface area contributed by atoms with Gasteiger partial charge in [-0.15, -0.1) is 0 Å². The molecular formula is C25H27ClN4O3S. The van der Waals surface area contributed by atoms with Crippen LogP contribution in [0, 0.1) is 0 Å². The monoisotopic (exact) mass is 498 g/mol. The molecule has 2 aromatic carbocycles. The molecule has 1 heterocycles. The van der Waals surface area contributed by atoms with Gasteiger partial charge in [0.05, 0.1) is 27.9 Å². The lowest BCUT2D eigenvalue weighted by Gasteiger charge is -2.15. The van der Waals surface area contributed by atoms with Gasteiger partial charge in [0.25, 0.3) is 11.5 Å². The number of carbonyl (C=O) groups excluding carboxylic acids is 2. The van der Waals surface area contributed by atoms with Gasteiger partial charge in [0.15, 0.2) is 5.16 Å². The summed E-state index contributed by atoms with van der Waals surface area (Å²) in [4.78, 5) is 43.1. The minimum Gasteiger partial charge on any atom is -0.349 e. The minimum atomic E-state index is -0.283. The molecule has 34 heavy (non-hydrogen) atoms. The van der Waals surface area contributed by atoms with E-state index in [1.807, 2.05) is 6.92 Å². The highest BCUT2D eigenvalue weighted by molar-refractivity contribution is 7.99. The average Bonchev–Trinajstić information content (AvgIpc) is 3.33. The Bertz CT molecular complexity index is 1270. The van der Waals surface area contributed by atoms with E-state index in [1.54, 1.807) is 47.0 Å². The summed E-state index contributed by atoms with van der Waals surface area (Å²) in [5.74, 6) is -0.421. The zero-order chi connectivity index (χ0) is 24.1. The fourth-order valence-corrected chi connectivity index (χ4v) is 5.14. The largest absolute Gasteiger partial charge is 0.349 e. The number of fused-ring (bicyclic) bond motifs is 1. The van der Waals surface area contributed by atoms with Gasteiger partial charge in [-0.2, -0.15) is 0 Å². The predicted molar refractivity (Wildman–Crippen MR) is 137 cm³/mol. The van der Waals surface area contributed by atoms with Crippen molar-refractivity contribution in [2.24, 2.45) is 0 Å². The molecule has 2 N–H and O–H groups in total. The van der Waals surface area contributed by atoms with Crippen LogP contribution in [-0.4, -0.2) is 33.2 Å². The fraction of sp³-hybridized carbons (Fsp3) is 0.360. The van der Waals surface area contributed by atoms with Crippen molar-refractivity contribution in [2.75, 3.05) is 11.1 Å². The Balaban J connectivity index is 1.49. The third kappa shape index (κ3) is 5.62. The number of anilines is 1. The molecule has 0 spiro atoms. The number of benzene rings is 2. The Morgan fingerprint density at radius 3 is 2.71 bits per heavy atom. The number of hydrogen-bond donors (Lipinski definition) is 2. The zero-order valence-electron chi connectivity index (χ0n) is 19.0. The van der Waals surface area contributed by atoms with Crippen LogP contribution < -0.4 is 16.2 Å². The van der Waals surface area contributed by atoms with Crippen LogP contribution in [0.1, 0.15) is 49.4 Å². The molecule has 3 aromatic rings. The molecule has 0 unspecified atom stereocenters. The van der Waals surface area contributed by atoms with Crippen molar-refractivity contribution in [1.82, 2.24) is 14.9 Å². The van der Waals surface area contributed by atoms with Gasteiger partial charge >= 0.3 is 0 Å². The summed E-state index contributed by atoms with van der Waals surface area (Å²) in [5, 5.41) is 7.35. The smallest absolute Gasteiger partial charge is 0.262 e. The number of halogens is 1. The summed E-state index contributed by atoms with van der Waals surface area (Å²) in [6, 6.07) is 12.2. The molecule has 0 radical (unpaired) electrons. The first-order valence-corrected chi connectivity index (χ1v) is 12.8. The van der Waals surface area contributed by atoms with Crippen LogP contribution in [0.15, 0.2) is 52.4 Å². The minimum absolute atomic E-state index is 0.0425. The van der Waals surface area contributed by atoms with E-state index in [-0.39, 0.29) is 29.2 Å². The normalized spacial score (nSPS) is 13.8. The summed E-state index contributed by atoms with van der Waals surface area (Å²) in [6.45, 7) is 2.48. The number of aromatic nitrogens is 2. The third-order valence-corrected chi connectivity index (χ3v) is 7.01. The van der Waals surface area contributed by atoms with Gasteiger partial charge in [-0.1, -0.05) is 55.3 Å². The van der Waals surface area contributed by atoms with Crippen molar-refractivity contribution in [1.29, 1.82) is 0 Å². The average molecular weight is 499 g/mol. The topological polar surface area (TPSA) is 93.1 Å². The van der Waals surface area contributed by atoms with Gasteiger partial charge < -0.3 is 10.6 Å². The molecule has 1 aliphatic rings. The van der Waals surface area contributed by atoms with Crippen LogP contribution in [0.5, 0.6) is 0 Å². The quantitative estimate of drug-likeness (QED) is 0.341. The highest BCUT2D eigenvalue weighted by Crippen LogP contribution is 2.23. The predicted octanol–water partition coefficient (Wildman–Crippen LogP) is 4.86. The first kappa shape index (κ1) is 24.3. The van der Waals surface area contributed by atoms with Crippen LogP contribution >= 0.6 is 23.4 Å². The van der Waals surface area contributed by atoms with Gasteiger partial charge in [-0.05, 0) is 49.6 Å². The van der Waals surface area contributed by atoms with Crippen LogP contribution in [0.3, 0.4) is 0 Å². The lowest BCUT2D eigenvalue weighted by molar-refractivity contribution is -0.113. The van der Waals surface area contributed by atoms with Crippen molar-refractivity contribution in [2.45, 2.75) is 56.8 Å². The number of thioether (sulfide) groups is 1. The Morgan fingerprint density at radius 2 is 1.94 bits per heavy atom.